The summed E-state index contributed by atoms with van der Waals surface area (Å²) in [6.45, 7) is 5.98. The number of hydrogen-bond donors (Lipinski definition) is 1. The molecule has 0 saturated carbocycles. The molecule has 0 saturated heterocycles. The maximum atomic E-state index is 6.02. The Kier molecular flexibility index (Phi) is 3.53. The van der Waals surface area contributed by atoms with E-state index in [1.807, 2.05) is 39.0 Å². The Morgan fingerprint density at radius 1 is 1.43 bits per heavy atom. The van der Waals surface area contributed by atoms with Gasteiger partial charge in [0.15, 0.2) is 0 Å². The average Bonchev–Trinajstić information content (AvgIpc) is 2.11. The first-order valence-electron chi connectivity index (χ1n) is 4.61. The van der Waals surface area contributed by atoms with E-state index >= 15 is 0 Å². The molecular formula is C11H15ClN2. The molecular weight excluding hydrogens is 196 g/mol. The normalized spacial score (nSPS) is 12.2. The summed E-state index contributed by atoms with van der Waals surface area (Å²) in [5.74, 6) is 0.854. The molecule has 14 heavy (non-hydrogen) atoms. The molecule has 0 unspecified atom stereocenters. The molecule has 0 bridgehead atoms. The molecule has 0 aliphatic rings. The maximum absolute atomic E-state index is 6.02. The van der Waals surface area contributed by atoms with Crippen molar-refractivity contribution >= 4 is 23.1 Å². The van der Waals surface area contributed by atoms with Crippen LogP contribution in [0.25, 0.3) is 0 Å². The van der Waals surface area contributed by atoms with Gasteiger partial charge in [-0.2, -0.15) is 0 Å². The van der Waals surface area contributed by atoms with E-state index in [1.54, 1.807) is 0 Å². The van der Waals surface area contributed by atoms with Gasteiger partial charge < -0.3 is 5.73 Å². The molecule has 76 valence electrons. The van der Waals surface area contributed by atoms with E-state index in [9.17, 15) is 0 Å². The Balaban J connectivity index is 3.14. The van der Waals surface area contributed by atoms with Crippen LogP contribution in [0.15, 0.2) is 23.2 Å². The van der Waals surface area contributed by atoms with Crippen molar-refractivity contribution in [2.75, 3.05) is 0 Å². The summed E-state index contributed by atoms with van der Waals surface area (Å²) in [7, 11) is 0. The molecule has 0 heterocycles. The average molecular weight is 211 g/mol. The molecule has 0 amide bonds. The van der Waals surface area contributed by atoms with Crippen LogP contribution in [0, 0.1) is 12.8 Å². The molecule has 0 aliphatic heterocycles. The van der Waals surface area contributed by atoms with Crippen LogP contribution in [0.4, 0.5) is 5.69 Å². The molecule has 2 nitrogen and oxygen atoms in total. The molecule has 1 aromatic rings. The van der Waals surface area contributed by atoms with Crippen molar-refractivity contribution in [3.05, 3.63) is 28.8 Å². The third kappa shape index (κ3) is 2.48. The summed E-state index contributed by atoms with van der Waals surface area (Å²) in [6.07, 6.45) is 0. The Bertz CT molecular complexity index is 336. The quantitative estimate of drug-likeness (QED) is 0.591. The highest BCUT2D eigenvalue weighted by Crippen LogP contribution is 2.28. The lowest BCUT2D eigenvalue weighted by Gasteiger charge is -2.07. The SMILES string of the molecule is Cc1cccc(Cl)c1N=C(N)C(C)C. The van der Waals surface area contributed by atoms with E-state index in [0.717, 1.165) is 11.3 Å². The fourth-order valence-corrected chi connectivity index (χ4v) is 1.29. The van der Waals surface area contributed by atoms with Gasteiger partial charge in [-0.3, -0.25) is 0 Å². The van der Waals surface area contributed by atoms with Crippen LogP contribution in [-0.4, -0.2) is 5.84 Å². The first-order chi connectivity index (χ1) is 6.52. The van der Waals surface area contributed by atoms with Crippen LogP contribution in [0.5, 0.6) is 0 Å². The second-order valence-corrected chi connectivity index (χ2v) is 4.00. The predicted octanol–water partition coefficient (Wildman–Crippen LogP) is 3.29. The standard InChI is InChI=1S/C11H15ClN2/c1-7(2)11(13)14-10-8(3)5-4-6-9(10)12/h4-7H,1-3H3,(H2,13,14). The van der Waals surface area contributed by atoms with Crippen molar-refractivity contribution in [3.8, 4) is 0 Å². The molecule has 0 aliphatic carbocycles. The highest BCUT2D eigenvalue weighted by molar-refractivity contribution is 6.33. The third-order valence-electron chi connectivity index (χ3n) is 2.02. The maximum Gasteiger partial charge on any atom is 0.102 e. The van der Waals surface area contributed by atoms with Crippen molar-refractivity contribution in [2.24, 2.45) is 16.6 Å². The molecule has 0 aromatic heterocycles. The molecule has 1 aromatic carbocycles. The third-order valence-corrected chi connectivity index (χ3v) is 2.33. The van der Waals surface area contributed by atoms with Gasteiger partial charge in [0.1, 0.15) is 5.84 Å². The lowest BCUT2D eigenvalue weighted by atomic mass is 10.2. The van der Waals surface area contributed by atoms with Gasteiger partial charge in [0, 0.05) is 5.92 Å². The van der Waals surface area contributed by atoms with E-state index in [1.165, 1.54) is 0 Å². The zero-order chi connectivity index (χ0) is 10.7. The van der Waals surface area contributed by atoms with E-state index in [2.05, 4.69) is 4.99 Å². The monoisotopic (exact) mass is 210 g/mol. The minimum absolute atomic E-state index is 0.241. The number of halogens is 1. The fraction of sp³-hybridized carbons (Fsp3) is 0.364. The molecule has 0 atom stereocenters. The Morgan fingerprint density at radius 3 is 2.57 bits per heavy atom. The largest absolute Gasteiger partial charge is 0.387 e. The van der Waals surface area contributed by atoms with Gasteiger partial charge >= 0.3 is 0 Å². The first-order valence-corrected chi connectivity index (χ1v) is 4.99. The number of aliphatic imine (C=N–C) groups is 1. The van der Waals surface area contributed by atoms with Gasteiger partial charge in [-0.15, -0.1) is 0 Å². The van der Waals surface area contributed by atoms with Gasteiger partial charge in [0.05, 0.1) is 10.7 Å². The second kappa shape index (κ2) is 4.47. The highest BCUT2D eigenvalue weighted by Gasteiger charge is 2.04. The van der Waals surface area contributed by atoms with Gasteiger partial charge in [0.2, 0.25) is 0 Å². The number of rotatable bonds is 2. The predicted molar refractivity (Wildman–Crippen MR) is 62.3 cm³/mol. The number of nitrogens with zero attached hydrogens (tertiary/aromatic N) is 1. The first kappa shape index (κ1) is 11.1. The molecule has 2 N–H and O–H groups in total. The van der Waals surface area contributed by atoms with E-state index in [0.29, 0.717) is 10.9 Å². The van der Waals surface area contributed by atoms with Crippen molar-refractivity contribution in [1.29, 1.82) is 0 Å². The van der Waals surface area contributed by atoms with Crippen LogP contribution in [0.2, 0.25) is 5.02 Å². The summed E-state index contributed by atoms with van der Waals surface area (Å²) in [4.78, 5) is 4.32. The summed E-state index contributed by atoms with van der Waals surface area (Å²) in [5.41, 5.74) is 7.60. The van der Waals surface area contributed by atoms with E-state index in [4.69, 9.17) is 17.3 Å². The van der Waals surface area contributed by atoms with Crippen molar-refractivity contribution in [2.45, 2.75) is 20.8 Å². The zero-order valence-corrected chi connectivity index (χ0v) is 9.47. The van der Waals surface area contributed by atoms with E-state index < -0.39 is 0 Å². The summed E-state index contributed by atoms with van der Waals surface area (Å²) in [6, 6.07) is 5.70. The summed E-state index contributed by atoms with van der Waals surface area (Å²) < 4.78 is 0. The highest BCUT2D eigenvalue weighted by atomic mass is 35.5. The smallest absolute Gasteiger partial charge is 0.102 e. The van der Waals surface area contributed by atoms with Crippen LogP contribution < -0.4 is 5.73 Å². The van der Waals surface area contributed by atoms with E-state index in [-0.39, 0.29) is 5.92 Å². The number of nitrogens with two attached hydrogens (primary N) is 1. The van der Waals surface area contributed by atoms with Gasteiger partial charge in [-0.1, -0.05) is 37.6 Å². The number of hydrogen-bond acceptors (Lipinski definition) is 1. The number of amidine groups is 1. The Morgan fingerprint density at radius 2 is 2.07 bits per heavy atom. The second-order valence-electron chi connectivity index (χ2n) is 3.60. The van der Waals surface area contributed by atoms with Gasteiger partial charge in [-0.05, 0) is 18.6 Å². The van der Waals surface area contributed by atoms with Crippen LogP contribution in [0.3, 0.4) is 0 Å². The Hall–Kier alpha value is -1.02. The van der Waals surface area contributed by atoms with Crippen molar-refractivity contribution < 1.29 is 0 Å². The molecule has 0 radical (unpaired) electrons. The minimum atomic E-state index is 0.241. The summed E-state index contributed by atoms with van der Waals surface area (Å²) in [5, 5.41) is 0.647. The van der Waals surface area contributed by atoms with Crippen LogP contribution in [-0.2, 0) is 0 Å². The van der Waals surface area contributed by atoms with Crippen LogP contribution >= 0.6 is 11.6 Å². The molecule has 3 heteroatoms. The van der Waals surface area contributed by atoms with Gasteiger partial charge in [0.25, 0.3) is 0 Å². The minimum Gasteiger partial charge on any atom is -0.387 e. The zero-order valence-electron chi connectivity index (χ0n) is 8.71. The van der Waals surface area contributed by atoms with Gasteiger partial charge in [-0.25, -0.2) is 4.99 Å². The summed E-state index contributed by atoms with van der Waals surface area (Å²) >= 11 is 6.02. The number of aryl methyl sites for hydroxylation is 1. The lowest BCUT2D eigenvalue weighted by Crippen LogP contribution is -2.18. The Labute approximate surface area is 89.8 Å². The lowest BCUT2D eigenvalue weighted by molar-refractivity contribution is 0.872. The number of para-hydroxylation sites is 1. The molecule has 0 fully saturated rings. The van der Waals surface area contributed by atoms with Crippen molar-refractivity contribution in [1.82, 2.24) is 0 Å². The number of benzene rings is 1. The topological polar surface area (TPSA) is 38.4 Å². The fourth-order valence-electron chi connectivity index (χ4n) is 1.02. The molecule has 0 spiro atoms. The van der Waals surface area contributed by atoms with Crippen molar-refractivity contribution in [3.63, 3.8) is 0 Å². The molecule has 1 rings (SSSR count). The van der Waals surface area contributed by atoms with Crippen LogP contribution in [0.1, 0.15) is 19.4 Å².